The Balaban J connectivity index is 2.41. The van der Waals surface area contributed by atoms with Crippen LogP contribution < -0.4 is 4.90 Å². The third-order valence-electron chi connectivity index (χ3n) is 2.65. The molecular formula is C12H15ClN4O4. The molecule has 1 heterocycles. The summed E-state index contributed by atoms with van der Waals surface area (Å²) in [7, 11) is 0. The number of hydrogen-bond acceptors (Lipinski definition) is 6. The lowest BCUT2D eigenvalue weighted by molar-refractivity contribution is -0.384. The number of amides is 1. The topological polar surface area (TPSA) is 98.5 Å². The SMILES string of the molecule is CC(C)(C)OC(=O)N(c1nc(Cl)ncc1[N+](=O)[O-])C1CC1. The summed E-state index contributed by atoms with van der Waals surface area (Å²) in [4.78, 5) is 31.4. The molecule has 21 heavy (non-hydrogen) atoms. The zero-order valence-electron chi connectivity index (χ0n) is 11.9. The third-order valence-corrected chi connectivity index (χ3v) is 2.83. The van der Waals surface area contributed by atoms with E-state index < -0.39 is 16.6 Å². The number of ether oxygens (including phenoxy) is 1. The molecule has 1 aromatic heterocycles. The molecule has 0 spiro atoms. The first-order valence-electron chi connectivity index (χ1n) is 6.38. The maximum Gasteiger partial charge on any atom is 0.416 e. The van der Waals surface area contributed by atoms with E-state index in [9.17, 15) is 14.9 Å². The molecule has 1 aliphatic rings. The number of rotatable bonds is 3. The molecule has 0 atom stereocenters. The van der Waals surface area contributed by atoms with Crippen molar-refractivity contribution >= 4 is 29.2 Å². The van der Waals surface area contributed by atoms with E-state index in [2.05, 4.69) is 9.97 Å². The Hall–Kier alpha value is -1.96. The van der Waals surface area contributed by atoms with E-state index in [-0.39, 0.29) is 22.8 Å². The molecule has 8 nitrogen and oxygen atoms in total. The molecule has 9 heteroatoms. The number of anilines is 1. The first-order valence-corrected chi connectivity index (χ1v) is 6.76. The van der Waals surface area contributed by atoms with E-state index in [0.29, 0.717) is 0 Å². The Bertz CT molecular complexity index is 583. The molecule has 1 aromatic rings. The second-order valence-corrected chi connectivity index (χ2v) is 6.02. The molecule has 1 saturated carbocycles. The van der Waals surface area contributed by atoms with Gasteiger partial charge in [0.15, 0.2) is 0 Å². The fourth-order valence-electron chi connectivity index (χ4n) is 1.70. The van der Waals surface area contributed by atoms with Crippen LogP contribution in [0.3, 0.4) is 0 Å². The first kappa shape index (κ1) is 15.4. The summed E-state index contributed by atoms with van der Waals surface area (Å²) in [6.45, 7) is 5.16. The fourth-order valence-corrected chi connectivity index (χ4v) is 1.83. The van der Waals surface area contributed by atoms with Gasteiger partial charge in [-0.1, -0.05) is 0 Å². The number of hydrogen-bond donors (Lipinski definition) is 0. The summed E-state index contributed by atoms with van der Waals surface area (Å²) in [5, 5.41) is 10.9. The van der Waals surface area contributed by atoms with Crippen molar-refractivity contribution in [3.63, 3.8) is 0 Å². The van der Waals surface area contributed by atoms with Crippen molar-refractivity contribution in [2.75, 3.05) is 4.90 Å². The molecule has 114 valence electrons. The molecule has 0 aliphatic heterocycles. The van der Waals surface area contributed by atoms with E-state index in [1.807, 2.05) is 0 Å². The minimum Gasteiger partial charge on any atom is -0.443 e. The maximum absolute atomic E-state index is 12.3. The van der Waals surface area contributed by atoms with Crippen molar-refractivity contribution in [1.29, 1.82) is 0 Å². The number of aromatic nitrogens is 2. The Kier molecular flexibility index (Phi) is 3.99. The maximum atomic E-state index is 12.3. The molecule has 0 saturated heterocycles. The first-order chi connectivity index (χ1) is 9.69. The van der Waals surface area contributed by atoms with Gasteiger partial charge in [-0.3, -0.25) is 15.0 Å². The van der Waals surface area contributed by atoms with Crippen molar-refractivity contribution < 1.29 is 14.5 Å². The quantitative estimate of drug-likeness (QED) is 0.483. The Labute approximate surface area is 126 Å². The van der Waals surface area contributed by atoms with Crippen LogP contribution in [0.25, 0.3) is 0 Å². The van der Waals surface area contributed by atoms with E-state index in [0.717, 1.165) is 19.0 Å². The van der Waals surface area contributed by atoms with Gasteiger partial charge in [-0.2, -0.15) is 4.98 Å². The van der Waals surface area contributed by atoms with E-state index in [1.165, 1.54) is 4.90 Å². The lowest BCUT2D eigenvalue weighted by Crippen LogP contribution is -2.39. The van der Waals surface area contributed by atoms with E-state index in [4.69, 9.17) is 16.3 Å². The zero-order valence-corrected chi connectivity index (χ0v) is 12.6. The van der Waals surface area contributed by atoms with Gasteiger partial charge in [0.25, 0.3) is 0 Å². The molecule has 0 N–H and O–H groups in total. The van der Waals surface area contributed by atoms with Crippen molar-refractivity contribution in [2.45, 2.75) is 45.3 Å². The predicted octanol–water partition coefficient (Wildman–Crippen LogP) is 2.94. The largest absolute Gasteiger partial charge is 0.443 e. The molecule has 2 rings (SSSR count). The monoisotopic (exact) mass is 314 g/mol. The second-order valence-electron chi connectivity index (χ2n) is 5.69. The van der Waals surface area contributed by atoms with Crippen LogP contribution in [0.1, 0.15) is 33.6 Å². The van der Waals surface area contributed by atoms with E-state index >= 15 is 0 Å². The average Bonchev–Trinajstić information content (AvgIpc) is 3.10. The summed E-state index contributed by atoms with van der Waals surface area (Å²) in [6, 6.07) is -0.162. The van der Waals surface area contributed by atoms with Gasteiger partial charge in [0.05, 0.1) is 4.92 Å². The number of nitrogens with zero attached hydrogens (tertiary/aromatic N) is 4. The van der Waals surface area contributed by atoms with Gasteiger partial charge in [-0.15, -0.1) is 0 Å². The molecule has 1 amide bonds. The van der Waals surface area contributed by atoms with Gasteiger partial charge >= 0.3 is 11.8 Å². The van der Waals surface area contributed by atoms with Gasteiger partial charge in [-0.25, -0.2) is 9.78 Å². The van der Waals surface area contributed by atoms with Crippen molar-refractivity contribution in [1.82, 2.24) is 9.97 Å². The summed E-state index contributed by atoms with van der Waals surface area (Å²) in [6.07, 6.45) is 1.78. The van der Waals surface area contributed by atoms with Crippen LogP contribution in [0, 0.1) is 10.1 Å². The second kappa shape index (κ2) is 5.44. The predicted molar refractivity (Wildman–Crippen MR) is 75.4 cm³/mol. The molecule has 0 radical (unpaired) electrons. The highest BCUT2D eigenvalue weighted by atomic mass is 35.5. The normalized spacial score (nSPS) is 14.7. The lowest BCUT2D eigenvalue weighted by atomic mass is 10.2. The summed E-state index contributed by atoms with van der Waals surface area (Å²) >= 11 is 5.70. The molecule has 0 unspecified atom stereocenters. The van der Waals surface area contributed by atoms with Crippen LogP contribution in [-0.2, 0) is 4.74 Å². The summed E-state index contributed by atoms with van der Waals surface area (Å²) in [5.41, 5.74) is -1.09. The van der Waals surface area contributed by atoms with E-state index in [1.54, 1.807) is 20.8 Å². The van der Waals surface area contributed by atoms with Crippen molar-refractivity contribution in [3.05, 3.63) is 21.6 Å². The van der Waals surface area contributed by atoms with Crippen LogP contribution in [0.4, 0.5) is 16.3 Å². The number of carbonyl (C=O) groups excluding carboxylic acids is 1. The fraction of sp³-hybridized carbons (Fsp3) is 0.583. The summed E-state index contributed by atoms with van der Waals surface area (Å²) in [5.74, 6) is -0.128. The third kappa shape index (κ3) is 3.78. The molecule has 0 bridgehead atoms. The van der Waals surface area contributed by atoms with Gasteiger partial charge in [-0.05, 0) is 45.2 Å². The van der Waals surface area contributed by atoms with Crippen LogP contribution in [0.2, 0.25) is 5.28 Å². The minimum atomic E-state index is -0.712. The minimum absolute atomic E-state index is 0.128. The molecule has 1 fully saturated rings. The average molecular weight is 315 g/mol. The Morgan fingerprint density at radius 2 is 2.14 bits per heavy atom. The summed E-state index contributed by atoms with van der Waals surface area (Å²) < 4.78 is 5.29. The number of halogens is 1. The smallest absolute Gasteiger partial charge is 0.416 e. The highest BCUT2D eigenvalue weighted by Crippen LogP contribution is 2.36. The van der Waals surface area contributed by atoms with Crippen LogP contribution in [0.5, 0.6) is 0 Å². The Morgan fingerprint density at radius 1 is 1.52 bits per heavy atom. The highest BCUT2D eigenvalue weighted by molar-refractivity contribution is 6.28. The number of carbonyl (C=O) groups is 1. The number of nitro groups is 1. The standard InChI is InChI=1S/C12H15ClN4O4/c1-12(2,3)21-11(18)16(7-4-5-7)9-8(17(19)20)6-14-10(13)15-9/h6-7H,4-5H2,1-3H3. The van der Waals surface area contributed by atoms with Crippen LogP contribution >= 0.6 is 11.6 Å². The van der Waals surface area contributed by atoms with Crippen LogP contribution in [0.15, 0.2) is 6.20 Å². The van der Waals surface area contributed by atoms with Crippen molar-refractivity contribution in [3.8, 4) is 0 Å². The van der Waals surface area contributed by atoms with Gasteiger partial charge in [0, 0.05) is 6.04 Å². The van der Waals surface area contributed by atoms with Crippen molar-refractivity contribution in [2.24, 2.45) is 0 Å². The highest BCUT2D eigenvalue weighted by Gasteiger charge is 2.41. The van der Waals surface area contributed by atoms with Gasteiger partial charge < -0.3 is 4.74 Å². The molecule has 1 aliphatic carbocycles. The molecular weight excluding hydrogens is 300 g/mol. The van der Waals surface area contributed by atoms with Crippen LogP contribution in [-0.4, -0.2) is 32.6 Å². The molecule has 0 aromatic carbocycles. The Morgan fingerprint density at radius 3 is 2.62 bits per heavy atom. The zero-order chi connectivity index (χ0) is 15.8. The van der Waals surface area contributed by atoms with Gasteiger partial charge in [0.2, 0.25) is 11.1 Å². The van der Waals surface area contributed by atoms with Gasteiger partial charge in [0.1, 0.15) is 11.8 Å². The lowest BCUT2D eigenvalue weighted by Gasteiger charge is -2.26.